The number of aliphatic hydroxyl groups excluding tert-OH is 2. The van der Waals surface area contributed by atoms with Gasteiger partial charge in [0.2, 0.25) is 10.0 Å². The van der Waals surface area contributed by atoms with Crippen LogP contribution in [-0.4, -0.2) is 34.5 Å². The fraction of sp³-hybridized carbons (Fsp3) is 0.182. The molecule has 0 atom stereocenters. The topological polar surface area (TPSA) is 184 Å². The summed E-state index contributed by atoms with van der Waals surface area (Å²) < 4.78 is 24.0. The Labute approximate surface area is 225 Å². The van der Waals surface area contributed by atoms with E-state index in [-0.39, 0.29) is 17.8 Å². The van der Waals surface area contributed by atoms with E-state index in [4.69, 9.17) is 27.0 Å². The molecule has 2 aromatic carbocycles. The lowest BCUT2D eigenvalue weighted by atomic mass is 9.95. The van der Waals surface area contributed by atoms with Crippen LogP contribution in [0.3, 0.4) is 0 Å². The standard InChI is InChI=1S/C19H18ClNO2S2.2CH3NOS.CH4.H2O/c1-2-5-17-19(13-8-10-14(20)11-9-13)16(12-24-17)15-6-3-4-7-18(15)25(21,22)23;2*2-1(3)4;;/h3-4,6-12H,2,5H2,1H3,(H2,21,22,23);2*(H3,2,3,4);1H4;1H2. The van der Waals surface area contributed by atoms with Crippen LogP contribution < -0.4 is 16.6 Å². The second kappa shape index (κ2) is 16.4. The summed E-state index contributed by atoms with van der Waals surface area (Å²) in [7, 11) is -3.81. The van der Waals surface area contributed by atoms with E-state index in [1.807, 2.05) is 35.7 Å². The minimum atomic E-state index is -3.81. The van der Waals surface area contributed by atoms with E-state index >= 15 is 0 Å². The van der Waals surface area contributed by atoms with Crippen molar-refractivity contribution < 1.29 is 24.1 Å². The average molecular weight is 580 g/mol. The number of sulfonamides is 1. The first-order valence-corrected chi connectivity index (χ1v) is 13.0. The molecule has 13 heteroatoms. The van der Waals surface area contributed by atoms with Crippen molar-refractivity contribution in [3.8, 4) is 22.3 Å². The summed E-state index contributed by atoms with van der Waals surface area (Å²) in [5.41, 5.74) is 12.4. The van der Waals surface area contributed by atoms with Gasteiger partial charge in [0.1, 0.15) is 0 Å². The molecule has 3 rings (SSSR count). The summed E-state index contributed by atoms with van der Waals surface area (Å²) in [5, 5.41) is 22.2. The van der Waals surface area contributed by atoms with Crippen molar-refractivity contribution in [1.82, 2.24) is 0 Å². The highest BCUT2D eigenvalue weighted by molar-refractivity contribution is 7.89. The zero-order chi connectivity index (χ0) is 25.2. The third-order valence-electron chi connectivity index (χ3n) is 3.96. The molecule has 0 saturated carbocycles. The molecule has 0 radical (unpaired) electrons. The van der Waals surface area contributed by atoms with Crippen LogP contribution in [0.2, 0.25) is 5.02 Å². The summed E-state index contributed by atoms with van der Waals surface area (Å²) in [4.78, 5) is 1.37. The van der Waals surface area contributed by atoms with Gasteiger partial charge in [0, 0.05) is 26.6 Å². The van der Waals surface area contributed by atoms with Gasteiger partial charge < -0.3 is 27.2 Å². The third kappa shape index (κ3) is 11.8. The molecule has 0 aliphatic carbocycles. The summed E-state index contributed by atoms with van der Waals surface area (Å²) in [6.45, 7) is 2.13. The van der Waals surface area contributed by atoms with Crippen molar-refractivity contribution in [2.24, 2.45) is 16.6 Å². The van der Waals surface area contributed by atoms with Crippen molar-refractivity contribution in [2.75, 3.05) is 0 Å². The number of hydrogen-bond acceptors (Lipinski definition) is 5. The van der Waals surface area contributed by atoms with E-state index < -0.39 is 20.4 Å². The molecular formula is C22H30ClN3O5S4. The molecule has 0 bridgehead atoms. The molecule has 0 aliphatic heterocycles. The lowest BCUT2D eigenvalue weighted by molar-refractivity contribution is 0.559. The molecule has 0 spiro atoms. The van der Waals surface area contributed by atoms with Gasteiger partial charge in [-0.3, -0.25) is 0 Å². The normalized spacial score (nSPS) is 9.69. The largest absolute Gasteiger partial charge is 0.487 e. The van der Waals surface area contributed by atoms with Crippen molar-refractivity contribution in [3.63, 3.8) is 0 Å². The predicted molar refractivity (Wildman–Crippen MR) is 155 cm³/mol. The molecule has 0 unspecified atom stereocenters. The number of hydrogen-bond donors (Lipinski definition) is 5. The highest BCUT2D eigenvalue weighted by Crippen LogP contribution is 2.42. The first kappa shape index (κ1) is 34.8. The number of primary sulfonamides is 1. The summed E-state index contributed by atoms with van der Waals surface area (Å²) in [6, 6.07) is 14.5. The lowest BCUT2D eigenvalue weighted by Crippen LogP contribution is -2.13. The van der Waals surface area contributed by atoms with Crippen LogP contribution >= 0.6 is 47.4 Å². The number of nitrogens with two attached hydrogens (primary N) is 3. The maximum absolute atomic E-state index is 12.0. The number of aryl methyl sites for hydroxylation is 1. The number of aliphatic hydroxyl groups is 2. The van der Waals surface area contributed by atoms with Gasteiger partial charge >= 0.3 is 0 Å². The summed E-state index contributed by atoms with van der Waals surface area (Å²) in [6.07, 6.45) is 1.94. The maximum atomic E-state index is 12.0. The molecule has 0 fully saturated rings. The molecule has 1 aromatic heterocycles. The van der Waals surface area contributed by atoms with Gasteiger partial charge in [0.05, 0.1) is 4.90 Å². The lowest BCUT2D eigenvalue weighted by Gasteiger charge is -2.11. The minimum absolute atomic E-state index is 0. The Morgan fingerprint density at radius 3 is 1.94 bits per heavy atom. The Morgan fingerprint density at radius 2 is 1.49 bits per heavy atom. The molecule has 0 aliphatic rings. The van der Waals surface area contributed by atoms with E-state index in [2.05, 4.69) is 42.8 Å². The SMILES string of the molecule is C.CCCc1scc(-c2ccccc2S(N)(=O)=O)c1-c1ccc(Cl)cc1.NC(O)=S.NC(O)=S.O. The maximum Gasteiger partial charge on any atom is 0.251 e. The molecule has 1 heterocycles. The van der Waals surface area contributed by atoms with Crippen molar-refractivity contribution in [2.45, 2.75) is 32.1 Å². The molecule has 3 aromatic rings. The number of thiocarbonyl (C=S) groups is 2. The highest BCUT2D eigenvalue weighted by Gasteiger charge is 2.20. The van der Waals surface area contributed by atoms with Crippen LogP contribution in [0.5, 0.6) is 0 Å². The average Bonchev–Trinajstić information content (AvgIpc) is 3.11. The second-order valence-electron chi connectivity index (χ2n) is 6.42. The Balaban J connectivity index is 0. The third-order valence-corrected chi connectivity index (χ3v) is 6.23. The van der Waals surface area contributed by atoms with E-state index in [0.29, 0.717) is 10.6 Å². The minimum Gasteiger partial charge on any atom is -0.487 e. The number of halogens is 1. The van der Waals surface area contributed by atoms with Gasteiger partial charge in [0.25, 0.3) is 10.3 Å². The van der Waals surface area contributed by atoms with E-state index in [1.54, 1.807) is 29.5 Å². The molecule has 10 N–H and O–H groups in total. The van der Waals surface area contributed by atoms with Gasteiger partial charge in [0.15, 0.2) is 0 Å². The van der Waals surface area contributed by atoms with Crippen LogP contribution in [0.15, 0.2) is 58.8 Å². The summed E-state index contributed by atoms with van der Waals surface area (Å²) >= 11 is 15.4. The smallest absolute Gasteiger partial charge is 0.251 e. The fourth-order valence-electron chi connectivity index (χ4n) is 2.88. The Hall–Kier alpha value is -2.32. The monoisotopic (exact) mass is 579 g/mol. The van der Waals surface area contributed by atoms with E-state index in [9.17, 15) is 8.42 Å². The zero-order valence-corrected chi connectivity index (χ0v) is 22.1. The second-order valence-corrected chi connectivity index (χ2v) is 10.2. The molecule has 194 valence electrons. The fourth-order valence-corrected chi connectivity index (χ4v) is 4.93. The first-order valence-electron chi connectivity index (χ1n) is 9.33. The van der Waals surface area contributed by atoms with Crippen LogP contribution in [-0.2, 0) is 16.4 Å². The van der Waals surface area contributed by atoms with Crippen LogP contribution in [0.4, 0.5) is 0 Å². The molecular weight excluding hydrogens is 550 g/mol. The molecule has 0 amide bonds. The Morgan fingerprint density at radius 1 is 1.00 bits per heavy atom. The number of rotatable bonds is 5. The predicted octanol–water partition coefficient (Wildman–Crippen LogP) is 4.72. The van der Waals surface area contributed by atoms with Crippen molar-refractivity contribution in [3.05, 3.63) is 63.8 Å². The zero-order valence-electron chi connectivity index (χ0n) is 18.1. The molecule has 35 heavy (non-hydrogen) atoms. The Kier molecular flexibility index (Phi) is 16.3. The van der Waals surface area contributed by atoms with E-state index in [0.717, 1.165) is 29.5 Å². The van der Waals surface area contributed by atoms with Gasteiger partial charge in [-0.2, -0.15) is 0 Å². The first-order chi connectivity index (χ1) is 15.4. The summed E-state index contributed by atoms with van der Waals surface area (Å²) in [5.74, 6) is 0. The van der Waals surface area contributed by atoms with Crippen LogP contribution in [0.25, 0.3) is 22.3 Å². The molecule has 8 nitrogen and oxygen atoms in total. The van der Waals surface area contributed by atoms with E-state index in [1.165, 1.54) is 4.88 Å². The van der Waals surface area contributed by atoms with Crippen molar-refractivity contribution >= 4 is 67.7 Å². The number of thiophene rings is 1. The highest BCUT2D eigenvalue weighted by atomic mass is 35.5. The van der Waals surface area contributed by atoms with Crippen LogP contribution in [0.1, 0.15) is 25.6 Å². The van der Waals surface area contributed by atoms with Crippen LogP contribution in [0, 0.1) is 0 Å². The molecule has 0 saturated heterocycles. The van der Waals surface area contributed by atoms with Gasteiger partial charge in [-0.25, -0.2) is 13.6 Å². The quantitative estimate of drug-likeness (QED) is 0.269. The van der Waals surface area contributed by atoms with Gasteiger partial charge in [-0.05, 0) is 60.0 Å². The van der Waals surface area contributed by atoms with Gasteiger partial charge in [-0.15, -0.1) is 11.3 Å². The van der Waals surface area contributed by atoms with Gasteiger partial charge in [-0.1, -0.05) is 62.7 Å². The Bertz CT molecular complexity index is 1180. The number of benzene rings is 2. The van der Waals surface area contributed by atoms with Crippen molar-refractivity contribution in [1.29, 1.82) is 0 Å².